The van der Waals surface area contributed by atoms with Crippen LogP contribution in [0.3, 0.4) is 0 Å². The minimum Gasteiger partial charge on any atom is -0.466 e. The molecule has 0 bridgehead atoms. The van der Waals surface area contributed by atoms with Crippen LogP contribution in [-0.4, -0.2) is 59.5 Å². The minimum absolute atomic E-state index is 0.113. The van der Waals surface area contributed by atoms with Crippen molar-refractivity contribution < 1.29 is 14.3 Å². The first-order valence-electron chi connectivity index (χ1n) is 10.4. The number of esters is 1. The summed E-state index contributed by atoms with van der Waals surface area (Å²) in [7, 11) is 0. The highest BCUT2D eigenvalue weighted by Crippen LogP contribution is 2.13. The van der Waals surface area contributed by atoms with E-state index in [1.165, 1.54) is 5.56 Å². The van der Waals surface area contributed by atoms with Crippen molar-refractivity contribution in [1.82, 2.24) is 20.2 Å². The number of hydrogen-bond donors (Lipinski definition) is 1. The molecule has 0 saturated carbocycles. The van der Waals surface area contributed by atoms with Crippen molar-refractivity contribution in [2.75, 3.05) is 37.7 Å². The standard InChI is InChI=1S/C22H29N5O3/c1-2-30-21(29)9-8-20(28)25-16-18-4-6-19(7-5-18)17-26-12-14-27(15-13-26)22-23-10-3-11-24-22/h3-7,10-11H,2,8-9,12-17H2,1H3,(H,25,28). The molecule has 160 valence electrons. The maximum Gasteiger partial charge on any atom is 0.306 e. The Hall–Kier alpha value is -3.00. The zero-order valence-corrected chi connectivity index (χ0v) is 17.4. The van der Waals surface area contributed by atoms with Gasteiger partial charge in [0.05, 0.1) is 13.0 Å². The van der Waals surface area contributed by atoms with Gasteiger partial charge in [-0.1, -0.05) is 24.3 Å². The molecular formula is C22H29N5O3. The van der Waals surface area contributed by atoms with Crippen LogP contribution in [0.4, 0.5) is 5.95 Å². The fourth-order valence-electron chi connectivity index (χ4n) is 3.32. The summed E-state index contributed by atoms with van der Waals surface area (Å²) >= 11 is 0. The topological polar surface area (TPSA) is 87.7 Å². The number of hydrogen-bond acceptors (Lipinski definition) is 7. The lowest BCUT2D eigenvalue weighted by Gasteiger charge is -2.34. The molecule has 8 nitrogen and oxygen atoms in total. The molecule has 0 atom stereocenters. The highest BCUT2D eigenvalue weighted by Gasteiger charge is 2.18. The van der Waals surface area contributed by atoms with Gasteiger partial charge in [-0.3, -0.25) is 14.5 Å². The maximum atomic E-state index is 11.8. The lowest BCUT2D eigenvalue weighted by atomic mass is 10.1. The third-order valence-electron chi connectivity index (χ3n) is 4.99. The minimum atomic E-state index is -0.339. The molecule has 1 aromatic heterocycles. The Labute approximate surface area is 177 Å². The predicted octanol–water partition coefficient (Wildman–Crippen LogP) is 1.76. The maximum absolute atomic E-state index is 11.8. The Balaban J connectivity index is 1.38. The normalized spacial score (nSPS) is 14.4. The summed E-state index contributed by atoms with van der Waals surface area (Å²) in [4.78, 5) is 36.4. The van der Waals surface area contributed by atoms with Crippen molar-refractivity contribution in [2.24, 2.45) is 0 Å². The van der Waals surface area contributed by atoms with Crippen LogP contribution in [-0.2, 0) is 27.4 Å². The Bertz CT molecular complexity index is 805. The zero-order valence-electron chi connectivity index (χ0n) is 17.4. The van der Waals surface area contributed by atoms with E-state index in [0.717, 1.165) is 44.2 Å². The first-order chi connectivity index (χ1) is 14.6. The lowest BCUT2D eigenvalue weighted by molar-refractivity contribution is -0.144. The molecular weight excluding hydrogens is 382 g/mol. The Morgan fingerprint density at radius 1 is 1.00 bits per heavy atom. The van der Waals surface area contributed by atoms with E-state index in [1.54, 1.807) is 19.3 Å². The highest BCUT2D eigenvalue weighted by molar-refractivity contribution is 5.81. The molecule has 1 aliphatic heterocycles. The van der Waals surface area contributed by atoms with Crippen molar-refractivity contribution in [3.8, 4) is 0 Å². The van der Waals surface area contributed by atoms with Gasteiger partial charge in [0.15, 0.2) is 0 Å². The molecule has 0 unspecified atom stereocenters. The summed E-state index contributed by atoms with van der Waals surface area (Å²) in [6.45, 7) is 7.21. The molecule has 0 spiro atoms. The fourth-order valence-corrected chi connectivity index (χ4v) is 3.32. The summed E-state index contributed by atoms with van der Waals surface area (Å²) in [5, 5.41) is 2.84. The van der Waals surface area contributed by atoms with Gasteiger partial charge in [-0.05, 0) is 24.1 Å². The van der Waals surface area contributed by atoms with Gasteiger partial charge >= 0.3 is 5.97 Å². The van der Waals surface area contributed by atoms with E-state index in [1.807, 2.05) is 18.2 Å². The van der Waals surface area contributed by atoms with Gasteiger partial charge in [0.1, 0.15) is 0 Å². The number of anilines is 1. The van der Waals surface area contributed by atoms with E-state index in [2.05, 4.69) is 37.2 Å². The average molecular weight is 412 g/mol. The smallest absolute Gasteiger partial charge is 0.306 e. The molecule has 30 heavy (non-hydrogen) atoms. The molecule has 1 aliphatic rings. The number of nitrogens with one attached hydrogen (secondary N) is 1. The van der Waals surface area contributed by atoms with Gasteiger partial charge in [0, 0.05) is 58.1 Å². The first kappa shape index (κ1) is 21.7. The van der Waals surface area contributed by atoms with Crippen molar-refractivity contribution >= 4 is 17.8 Å². The van der Waals surface area contributed by atoms with Crippen molar-refractivity contribution in [3.05, 3.63) is 53.9 Å². The molecule has 1 aromatic carbocycles. The summed E-state index contributed by atoms with van der Waals surface area (Å²) in [6.07, 6.45) is 3.82. The van der Waals surface area contributed by atoms with E-state index >= 15 is 0 Å². The van der Waals surface area contributed by atoms with Crippen molar-refractivity contribution in [3.63, 3.8) is 0 Å². The van der Waals surface area contributed by atoms with Gasteiger partial charge < -0.3 is 15.0 Å². The second-order valence-corrected chi connectivity index (χ2v) is 7.21. The lowest BCUT2D eigenvalue weighted by Crippen LogP contribution is -2.46. The van der Waals surface area contributed by atoms with E-state index < -0.39 is 0 Å². The van der Waals surface area contributed by atoms with Crippen LogP contribution in [0.2, 0.25) is 0 Å². The summed E-state index contributed by atoms with van der Waals surface area (Å²) < 4.78 is 4.83. The number of ether oxygens (including phenoxy) is 1. The van der Waals surface area contributed by atoms with Crippen molar-refractivity contribution in [2.45, 2.75) is 32.9 Å². The fraction of sp³-hybridized carbons (Fsp3) is 0.455. The molecule has 3 rings (SSSR count). The number of carbonyl (C=O) groups excluding carboxylic acids is 2. The number of aromatic nitrogens is 2. The molecule has 2 aromatic rings. The Morgan fingerprint density at radius 2 is 1.67 bits per heavy atom. The largest absolute Gasteiger partial charge is 0.466 e. The zero-order chi connectivity index (χ0) is 21.2. The van der Waals surface area contributed by atoms with Gasteiger partial charge in [-0.25, -0.2) is 9.97 Å². The van der Waals surface area contributed by atoms with Crippen LogP contribution in [0, 0.1) is 0 Å². The molecule has 1 N–H and O–H groups in total. The van der Waals surface area contributed by atoms with Crippen LogP contribution < -0.4 is 10.2 Å². The predicted molar refractivity (Wildman–Crippen MR) is 114 cm³/mol. The van der Waals surface area contributed by atoms with Crippen LogP contribution in [0.15, 0.2) is 42.7 Å². The molecule has 1 fully saturated rings. The molecule has 0 aliphatic carbocycles. The van der Waals surface area contributed by atoms with Crippen LogP contribution in [0.25, 0.3) is 0 Å². The second kappa shape index (κ2) is 11.3. The van der Waals surface area contributed by atoms with E-state index in [0.29, 0.717) is 13.2 Å². The molecule has 8 heteroatoms. The molecule has 2 heterocycles. The third-order valence-corrected chi connectivity index (χ3v) is 4.99. The van der Waals surface area contributed by atoms with E-state index in [9.17, 15) is 9.59 Å². The highest BCUT2D eigenvalue weighted by atomic mass is 16.5. The molecule has 0 radical (unpaired) electrons. The summed E-state index contributed by atoms with van der Waals surface area (Å²) in [5.41, 5.74) is 2.28. The number of piperazine rings is 1. The van der Waals surface area contributed by atoms with Crippen LogP contribution in [0.5, 0.6) is 0 Å². The van der Waals surface area contributed by atoms with Gasteiger partial charge in [-0.2, -0.15) is 0 Å². The van der Waals surface area contributed by atoms with Crippen LogP contribution >= 0.6 is 0 Å². The summed E-state index contributed by atoms with van der Waals surface area (Å²) in [6, 6.07) is 10.1. The number of carbonyl (C=O) groups is 2. The third kappa shape index (κ3) is 6.81. The molecule has 1 saturated heterocycles. The Morgan fingerprint density at radius 3 is 2.33 bits per heavy atom. The number of amides is 1. The quantitative estimate of drug-likeness (QED) is 0.629. The number of benzene rings is 1. The van der Waals surface area contributed by atoms with E-state index in [-0.39, 0.29) is 24.7 Å². The molecule has 1 amide bonds. The van der Waals surface area contributed by atoms with Crippen LogP contribution in [0.1, 0.15) is 30.9 Å². The van der Waals surface area contributed by atoms with Gasteiger partial charge in [-0.15, -0.1) is 0 Å². The number of nitrogens with zero attached hydrogens (tertiary/aromatic N) is 4. The first-order valence-corrected chi connectivity index (χ1v) is 10.4. The van der Waals surface area contributed by atoms with Crippen molar-refractivity contribution in [1.29, 1.82) is 0 Å². The Kier molecular flexibility index (Phi) is 8.14. The van der Waals surface area contributed by atoms with Gasteiger partial charge in [0.25, 0.3) is 0 Å². The summed E-state index contributed by atoms with van der Waals surface area (Å²) in [5.74, 6) is 0.312. The van der Waals surface area contributed by atoms with Gasteiger partial charge in [0.2, 0.25) is 11.9 Å². The number of rotatable bonds is 9. The second-order valence-electron chi connectivity index (χ2n) is 7.21. The van der Waals surface area contributed by atoms with E-state index in [4.69, 9.17) is 4.74 Å². The average Bonchev–Trinajstić information content (AvgIpc) is 2.78. The monoisotopic (exact) mass is 411 g/mol. The SMILES string of the molecule is CCOC(=O)CCC(=O)NCc1ccc(CN2CCN(c3ncccn3)CC2)cc1.